The SMILES string of the molecule is CCNc1nc(Cc2ccc(Cl)cc2)nc(C2CC2)c1Br. The van der Waals surface area contributed by atoms with Crippen molar-refractivity contribution in [2.75, 3.05) is 11.9 Å². The van der Waals surface area contributed by atoms with Crippen molar-refractivity contribution in [3.05, 3.63) is 50.8 Å². The average Bonchev–Trinajstić information content (AvgIpc) is 3.29. The van der Waals surface area contributed by atoms with Crippen LogP contribution in [-0.2, 0) is 6.42 Å². The Balaban J connectivity index is 1.91. The molecule has 0 saturated heterocycles. The predicted octanol–water partition coefficient (Wildman–Crippen LogP) is 4.79. The van der Waals surface area contributed by atoms with Gasteiger partial charge in [0.25, 0.3) is 0 Å². The molecule has 1 aromatic carbocycles. The zero-order chi connectivity index (χ0) is 14.8. The van der Waals surface area contributed by atoms with Gasteiger partial charge in [0.1, 0.15) is 11.6 Å². The maximum absolute atomic E-state index is 5.93. The first kappa shape index (κ1) is 14.8. The normalized spacial score (nSPS) is 14.2. The van der Waals surface area contributed by atoms with Crippen molar-refractivity contribution in [3.63, 3.8) is 0 Å². The van der Waals surface area contributed by atoms with Crippen molar-refractivity contribution in [1.29, 1.82) is 0 Å². The Labute approximate surface area is 138 Å². The van der Waals surface area contributed by atoms with Crippen molar-refractivity contribution in [1.82, 2.24) is 9.97 Å². The summed E-state index contributed by atoms with van der Waals surface area (Å²) in [4.78, 5) is 9.41. The topological polar surface area (TPSA) is 37.8 Å². The molecule has 3 rings (SSSR count). The lowest BCUT2D eigenvalue weighted by Crippen LogP contribution is -2.08. The summed E-state index contributed by atoms with van der Waals surface area (Å²) in [5.74, 6) is 2.35. The molecule has 1 fully saturated rings. The molecule has 110 valence electrons. The summed E-state index contributed by atoms with van der Waals surface area (Å²) in [6.45, 7) is 2.92. The standard InChI is InChI=1S/C16H17BrClN3/c1-2-19-16-14(17)15(11-5-6-11)20-13(21-16)9-10-3-7-12(18)8-4-10/h3-4,7-8,11H,2,5-6,9H2,1H3,(H,19,20,21). The van der Waals surface area contributed by atoms with Crippen LogP contribution in [-0.4, -0.2) is 16.5 Å². The molecule has 0 radical (unpaired) electrons. The van der Waals surface area contributed by atoms with Gasteiger partial charge in [-0.15, -0.1) is 0 Å². The molecule has 1 heterocycles. The second-order valence-corrected chi connectivity index (χ2v) is 6.52. The zero-order valence-corrected chi connectivity index (χ0v) is 14.2. The summed E-state index contributed by atoms with van der Waals surface area (Å²) in [5, 5.41) is 4.07. The van der Waals surface area contributed by atoms with Crippen LogP contribution in [0, 0.1) is 0 Å². The van der Waals surface area contributed by atoms with Gasteiger partial charge in [-0.1, -0.05) is 23.7 Å². The number of halogens is 2. The molecule has 0 amide bonds. The van der Waals surface area contributed by atoms with E-state index in [0.717, 1.165) is 39.8 Å². The molecule has 1 saturated carbocycles. The van der Waals surface area contributed by atoms with Crippen molar-refractivity contribution in [3.8, 4) is 0 Å². The maximum atomic E-state index is 5.93. The number of anilines is 1. The van der Waals surface area contributed by atoms with Gasteiger partial charge in [0.15, 0.2) is 0 Å². The van der Waals surface area contributed by atoms with Gasteiger partial charge >= 0.3 is 0 Å². The second kappa shape index (κ2) is 6.32. The maximum Gasteiger partial charge on any atom is 0.144 e. The third-order valence-electron chi connectivity index (χ3n) is 3.51. The van der Waals surface area contributed by atoms with E-state index in [1.54, 1.807) is 0 Å². The van der Waals surface area contributed by atoms with Gasteiger partial charge in [0.05, 0.1) is 10.2 Å². The summed E-state index contributed by atoms with van der Waals surface area (Å²) >= 11 is 9.58. The number of nitrogens with zero attached hydrogens (tertiary/aromatic N) is 2. The summed E-state index contributed by atoms with van der Waals surface area (Å²) in [6, 6.07) is 7.86. The molecular formula is C16H17BrClN3. The van der Waals surface area contributed by atoms with Gasteiger partial charge in [-0.3, -0.25) is 0 Å². The van der Waals surface area contributed by atoms with Crippen molar-refractivity contribution < 1.29 is 0 Å². The van der Waals surface area contributed by atoms with E-state index in [2.05, 4.69) is 33.2 Å². The van der Waals surface area contributed by atoms with Crippen LogP contribution in [0.15, 0.2) is 28.7 Å². The van der Waals surface area contributed by atoms with Gasteiger partial charge in [-0.05, 0) is 53.4 Å². The first-order valence-corrected chi connectivity index (χ1v) is 8.39. The number of nitrogens with one attached hydrogen (secondary N) is 1. The van der Waals surface area contributed by atoms with Gasteiger partial charge in [0, 0.05) is 23.9 Å². The molecule has 3 nitrogen and oxygen atoms in total. The molecular weight excluding hydrogens is 350 g/mol. The van der Waals surface area contributed by atoms with Crippen LogP contribution in [0.1, 0.15) is 42.8 Å². The van der Waals surface area contributed by atoms with Crippen molar-refractivity contribution in [2.24, 2.45) is 0 Å². The Kier molecular flexibility index (Phi) is 4.45. The quantitative estimate of drug-likeness (QED) is 0.826. The fraction of sp³-hybridized carbons (Fsp3) is 0.375. The van der Waals surface area contributed by atoms with Gasteiger partial charge < -0.3 is 5.32 Å². The van der Waals surface area contributed by atoms with E-state index in [-0.39, 0.29) is 0 Å². The van der Waals surface area contributed by atoms with Crippen LogP contribution in [0.2, 0.25) is 5.02 Å². The first-order valence-electron chi connectivity index (χ1n) is 7.22. The van der Waals surface area contributed by atoms with Crippen molar-refractivity contribution >= 4 is 33.3 Å². The summed E-state index contributed by atoms with van der Waals surface area (Å²) in [7, 11) is 0. The van der Waals surface area contributed by atoms with E-state index in [9.17, 15) is 0 Å². The molecule has 0 spiro atoms. The molecule has 0 bridgehead atoms. The molecule has 0 unspecified atom stereocenters. The summed E-state index contributed by atoms with van der Waals surface area (Å²) in [6.07, 6.45) is 3.17. The molecule has 1 aliphatic rings. The number of benzene rings is 1. The highest BCUT2D eigenvalue weighted by Crippen LogP contribution is 2.43. The lowest BCUT2D eigenvalue weighted by molar-refractivity contribution is 0.888. The van der Waals surface area contributed by atoms with E-state index < -0.39 is 0 Å². The molecule has 1 N–H and O–H groups in total. The van der Waals surface area contributed by atoms with E-state index in [4.69, 9.17) is 16.6 Å². The Morgan fingerprint density at radius 3 is 2.57 bits per heavy atom. The number of hydrogen-bond acceptors (Lipinski definition) is 3. The van der Waals surface area contributed by atoms with Crippen molar-refractivity contribution in [2.45, 2.75) is 32.1 Å². The van der Waals surface area contributed by atoms with E-state index in [0.29, 0.717) is 5.92 Å². The van der Waals surface area contributed by atoms with Gasteiger partial charge in [-0.25, -0.2) is 9.97 Å². The zero-order valence-electron chi connectivity index (χ0n) is 11.9. The predicted molar refractivity (Wildman–Crippen MR) is 90.1 cm³/mol. The Hall–Kier alpha value is -1.13. The highest BCUT2D eigenvalue weighted by molar-refractivity contribution is 9.10. The summed E-state index contributed by atoms with van der Waals surface area (Å²) in [5.41, 5.74) is 2.32. The summed E-state index contributed by atoms with van der Waals surface area (Å²) < 4.78 is 1.02. The lowest BCUT2D eigenvalue weighted by Gasteiger charge is -2.12. The minimum Gasteiger partial charge on any atom is -0.369 e. The van der Waals surface area contributed by atoms with Crippen LogP contribution in [0.5, 0.6) is 0 Å². The van der Waals surface area contributed by atoms with E-state index in [1.165, 1.54) is 18.4 Å². The van der Waals surface area contributed by atoms with Gasteiger partial charge in [-0.2, -0.15) is 0 Å². The fourth-order valence-electron chi connectivity index (χ4n) is 2.29. The van der Waals surface area contributed by atoms with Crippen LogP contribution < -0.4 is 5.32 Å². The Morgan fingerprint density at radius 1 is 1.24 bits per heavy atom. The molecule has 1 aromatic heterocycles. The van der Waals surface area contributed by atoms with Crippen LogP contribution in [0.3, 0.4) is 0 Å². The smallest absolute Gasteiger partial charge is 0.144 e. The fourth-order valence-corrected chi connectivity index (χ4v) is 3.06. The highest BCUT2D eigenvalue weighted by Gasteiger charge is 2.29. The number of hydrogen-bond donors (Lipinski definition) is 1. The number of rotatable bonds is 5. The molecule has 1 aliphatic carbocycles. The van der Waals surface area contributed by atoms with Crippen LogP contribution in [0.4, 0.5) is 5.82 Å². The molecule has 2 aromatic rings. The van der Waals surface area contributed by atoms with E-state index >= 15 is 0 Å². The second-order valence-electron chi connectivity index (χ2n) is 5.30. The Morgan fingerprint density at radius 2 is 1.95 bits per heavy atom. The van der Waals surface area contributed by atoms with Crippen LogP contribution >= 0.6 is 27.5 Å². The lowest BCUT2D eigenvalue weighted by atomic mass is 10.1. The number of aromatic nitrogens is 2. The first-order chi connectivity index (χ1) is 10.2. The molecule has 0 aliphatic heterocycles. The molecule has 5 heteroatoms. The Bertz CT molecular complexity index is 639. The molecule has 0 atom stereocenters. The average molecular weight is 367 g/mol. The van der Waals surface area contributed by atoms with Gasteiger partial charge in [0.2, 0.25) is 0 Å². The van der Waals surface area contributed by atoms with E-state index in [1.807, 2.05) is 24.3 Å². The van der Waals surface area contributed by atoms with Crippen LogP contribution in [0.25, 0.3) is 0 Å². The third kappa shape index (κ3) is 3.55. The highest BCUT2D eigenvalue weighted by atomic mass is 79.9. The minimum atomic E-state index is 0.587. The monoisotopic (exact) mass is 365 g/mol. The minimum absolute atomic E-state index is 0.587. The largest absolute Gasteiger partial charge is 0.369 e. The molecule has 21 heavy (non-hydrogen) atoms. The third-order valence-corrected chi connectivity index (χ3v) is 4.54.